The van der Waals surface area contributed by atoms with Gasteiger partial charge in [-0.2, -0.15) is 0 Å². The zero-order valence-electron chi connectivity index (χ0n) is 11.6. The predicted molar refractivity (Wildman–Crippen MR) is 92.9 cm³/mol. The number of hydrogen-bond acceptors (Lipinski definition) is 5. The molecule has 114 valence electrons. The van der Waals surface area contributed by atoms with E-state index in [2.05, 4.69) is 27.3 Å². The van der Waals surface area contributed by atoms with Crippen LogP contribution in [0.2, 0.25) is 4.34 Å². The van der Waals surface area contributed by atoms with Crippen LogP contribution < -0.4 is 5.32 Å². The Morgan fingerprint density at radius 3 is 3.00 bits per heavy atom. The highest BCUT2D eigenvalue weighted by atomic mass is 79.9. The molecule has 21 heavy (non-hydrogen) atoms. The van der Waals surface area contributed by atoms with Crippen LogP contribution >= 0.6 is 50.2 Å². The van der Waals surface area contributed by atoms with Crippen molar-refractivity contribution in [2.75, 3.05) is 20.3 Å². The van der Waals surface area contributed by atoms with E-state index in [0.717, 1.165) is 26.8 Å². The van der Waals surface area contributed by atoms with E-state index in [9.17, 15) is 0 Å². The van der Waals surface area contributed by atoms with Gasteiger partial charge in [-0.3, -0.25) is 0 Å². The van der Waals surface area contributed by atoms with Gasteiger partial charge in [0.05, 0.1) is 18.3 Å². The standard InChI is InChI=1S/C14H16BrClN2OS2/c1-19-6-5-17-12(11-7-8(15)13(16)20-11)14-18-9-3-2-4-10(9)21-14/h7,12,17H,2-6H2,1H3. The van der Waals surface area contributed by atoms with Gasteiger partial charge in [-0.15, -0.1) is 22.7 Å². The molecular weight excluding hydrogens is 392 g/mol. The van der Waals surface area contributed by atoms with E-state index >= 15 is 0 Å². The lowest BCUT2D eigenvalue weighted by Gasteiger charge is -2.14. The third-order valence-corrected chi connectivity index (χ3v) is 7.22. The molecule has 0 radical (unpaired) electrons. The highest BCUT2D eigenvalue weighted by Crippen LogP contribution is 2.39. The molecule has 1 N–H and O–H groups in total. The molecule has 3 nitrogen and oxygen atoms in total. The molecular formula is C14H16BrClN2OS2. The minimum atomic E-state index is 0.101. The topological polar surface area (TPSA) is 34.1 Å². The molecule has 0 fully saturated rings. The number of nitrogens with zero attached hydrogens (tertiary/aromatic N) is 1. The quantitative estimate of drug-likeness (QED) is 0.719. The Hall–Kier alpha value is 0.0200. The van der Waals surface area contributed by atoms with Gasteiger partial charge in [0.1, 0.15) is 9.34 Å². The predicted octanol–water partition coefficient (Wildman–Crippen LogP) is 4.43. The summed E-state index contributed by atoms with van der Waals surface area (Å²) in [5.74, 6) is 0. The second-order valence-corrected chi connectivity index (χ2v) is 8.58. The van der Waals surface area contributed by atoms with Gasteiger partial charge in [-0.1, -0.05) is 11.6 Å². The Labute approximate surface area is 145 Å². The van der Waals surface area contributed by atoms with Gasteiger partial charge in [-0.25, -0.2) is 4.98 Å². The first kappa shape index (κ1) is 15.9. The van der Waals surface area contributed by atoms with Crippen LogP contribution in [0.4, 0.5) is 0 Å². The molecule has 2 aromatic rings. The Morgan fingerprint density at radius 2 is 2.33 bits per heavy atom. The zero-order chi connectivity index (χ0) is 14.8. The van der Waals surface area contributed by atoms with Gasteiger partial charge in [-0.05, 0) is 41.3 Å². The van der Waals surface area contributed by atoms with Crippen LogP contribution in [-0.2, 0) is 17.6 Å². The van der Waals surface area contributed by atoms with E-state index in [1.165, 1.54) is 28.3 Å². The van der Waals surface area contributed by atoms with Crippen molar-refractivity contribution >= 4 is 50.2 Å². The normalized spacial score (nSPS) is 15.4. The van der Waals surface area contributed by atoms with Crippen LogP contribution in [0, 0.1) is 0 Å². The van der Waals surface area contributed by atoms with Gasteiger partial charge in [0.15, 0.2) is 0 Å². The maximum atomic E-state index is 6.20. The molecule has 0 bridgehead atoms. The summed E-state index contributed by atoms with van der Waals surface area (Å²) in [7, 11) is 1.72. The van der Waals surface area contributed by atoms with Crippen molar-refractivity contribution in [2.45, 2.75) is 25.3 Å². The number of halogens is 2. The molecule has 2 heterocycles. The lowest BCUT2D eigenvalue weighted by Crippen LogP contribution is -2.25. The molecule has 0 amide bonds. The number of thiophene rings is 1. The maximum absolute atomic E-state index is 6.20. The first-order valence-corrected chi connectivity index (χ1v) is 9.65. The van der Waals surface area contributed by atoms with E-state index < -0.39 is 0 Å². The summed E-state index contributed by atoms with van der Waals surface area (Å²) < 4.78 is 6.88. The Kier molecular flexibility index (Phi) is 5.35. The monoisotopic (exact) mass is 406 g/mol. The minimum absolute atomic E-state index is 0.101. The minimum Gasteiger partial charge on any atom is -0.383 e. The number of ether oxygens (including phenoxy) is 1. The first-order valence-electron chi connectivity index (χ1n) is 6.84. The molecule has 0 saturated carbocycles. The van der Waals surface area contributed by atoms with E-state index in [0.29, 0.717) is 6.61 Å². The summed E-state index contributed by atoms with van der Waals surface area (Å²) in [5, 5.41) is 4.68. The van der Waals surface area contributed by atoms with Crippen LogP contribution in [-0.4, -0.2) is 25.2 Å². The van der Waals surface area contributed by atoms with Gasteiger partial charge in [0, 0.05) is 27.9 Å². The smallest absolute Gasteiger partial charge is 0.115 e. The van der Waals surface area contributed by atoms with Gasteiger partial charge in [0.2, 0.25) is 0 Å². The summed E-state index contributed by atoms with van der Waals surface area (Å²) in [6, 6.07) is 2.19. The molecule has 1 aliphatic rings. The molecule has 1 aliphatic carbocycles. The van der Waals surface area contributed by atoms with E-state index in [1.807, 2.05) is 11.3 Å². The van der Waals surface area contributed by atoms with Crippen molar-refractivity contribution in [1.29, 1.82) is 0 Å². The van der Waals surface area contributed by atoms with Crippen LogP contribution in [0.5, 0.6) is 0 Å². The second-order valence-electron chi connectivity index (χ2n) is 4.93. The van der Waals surface area contributed by atoms with Crippen molar-refractivity contribution < 1.29 is 4.74 Å². The molecule has 0 aromatic carbocycles. The van der Waals surface area contributed by atoms with Crippen molar-refractivity contribution in [1.82, 2.24) is 10.3 Å². The van der Waals surface area contributed by atoms with E-state index in [-0.39, 0.29) is 6.04 Å². The van der Waals surface area contributed by atoms with Gasteiger partial charge >= 0.3 is 0 Å². The summed E-state index contributed by atoms with van der Waals surface area (Å²) in [6.07, 6.45) is 3.53. The SMILES string of the molecule is COCCNC(c1cc(Br)c(Cl)s1)c1nc2c(s1)CCC2. The highest BCUT2D eigenvalue weighted by Gasteiger charge is 2.24. The average Bonchev–Trinajstić information content (AvgIpc) is 3.11. The van der Waals surface area contributed by atoms with Gasteiger partial charge in [0.25, 0.3) is 0 Å². The van der Waals surface area contributed by atoms with Crippen LogP contribution in [0.15, 0.2) is 10.5 Å². The van der Waals surface area contributed by atoms with Crippen molar-refractivity contribution in [3.8, 4) is 0 Å². The summed E-state index contributed by atoms with van der Waals surface area (Å²) >= 11 is 13.1. The first-order chi connectivity index (χ1) is 10.2. The van der Waals surface area contributed by atoms with Crippen molar-refractivity contribution in [3.05, 3.63) is 35.3 Å². The lowest BCUT2D eigenvalue weighted by molar-refractivity contribution is 0.197. The maximum Gasteiger partial charge on any atom is 0.115 e. The fourth-order valence-electron chi connectivity index (χ4n) is 2.45. The van der Waals surface area contributed by atoms with E-state index in [4.69, 9.17) is 21.3 Å². The molecule has 0 saturated heterocycles. The van der Waals surface area contributed by atoms with Crippen molar-refractivity contribution in [3.63, 3.8) is 0 Å². The lowest BCUT2D eigenvalue weighted by atomic mass is 10.2. The van der Waals surface area contributed by atoms with Crippen molar-refractivity contribution in [2.24, 2.45) is 0 Å². The number of nitrogens with one attached hydrogen (secondary N) is 1. The molecule has 0 spiro atoms. The Morgan fingerprint density at radius 1 is 1.48 bits per heavy atom. The number of hydrogen-bond donors (Lipinski definition) is 1. The fourth-order valence-corrected chi connectivity index (χ4v) is 5.59. The molecule has 1 unspecified atom stereocenters. The molecule has 3 rings (SSSR count). The highest BCUT2D eigenvalue weighted by molar-refractivity contribution is 9.10. The molecule has 1 atom stereocenters. The Bertz CT molecular complexity index is 588. The fraction of sp³-hybridized carbons (Fsp3) is 0.500. The zero-order valence-corrected chi connectivity index (χ0v) is 15.6. The number of thiazole rings is 1. The number of fused-ring (bicyclic) bond motifs is 1. The van der Waals surface area contributed by atoms with E-state index in [1.54, 1.807) is 18.4 Å². The summed E-state index contributed by atoms with van der Waals surface area (Å²) in [5.41, 5.74) is 1.29. The number of methoxy groups -OCH3 is 1. The number of aryl methyl sites for hydroxylation is 2. The molecule has 7 heteroatoms. The molecule has 2 aromatic heterocycles. The third-order valence-electron chi connectivity index (χ3n) is 3.46. The molecule has 0 aliphatic heterocycles. The Balaban J connectivity index is 1.87. The third kappa shape index (κ3) is 3.51. The average molecular weight is 408 g/mol. The number of aromatic nitrogens is 1. The summed E-state index contributed by atoms with van der Waals surface area (Å²) in [6.45, 7) is 1.47. The second kappa shape index (κ2) is 7.06. The van der Waals surface area contributed by atoms with Crippen LogP contribution in [0.25, 0.3) is 0 Å². The van der Waals surface area contributed by atoms with Crippen LogP contribution in [0.3, 0.4) is 0 Å². The number of rotatable bonds is 6. The van der Waals surface area contributed by atoms with Crippen LogP contribution in [0.1, 0.15) is 32.9 Å². The summed E-state index contributed by atoms with van der Waals surface area (Å²) in [4.78, 5) is 7.49. The largest absolute Gasteiger partial charge is 0.383 e. The van der Waals surface area contributed by atoms with Gasteiger partial charge < -0.3 is 10.1 Å².